The summed E-state index contributed by atoms with van der Waals surface area (Å²) in [6, 6.07) is 9.47. The fraction of sp³-hybridized carbons (Fsp3) is 0.464. The molecule has 9 nitrogen and oxygen atoms in total. The normalized spacial score (nSPS) is 29.3. The first-order chi connectivity index (χ1) is 19.0. The van der Waals surface area contributed by atoms with Crippen LogP contribution < -0.4 is 4.74 Å². The van der Waals surface area contributed by atoms with Gasteiger partial charge in [0.05, 0.1) is 22.3 Å². The molecule has 1 N–H and O–H groups in total. The summed E-state index contributed by atoms with van der Waals surface area (Å²) in [5.41, 5.74) is 0.831. The molecular formula is C28H26I2O9S. The Kier molecular flexibility index (Phi) is 7.66. The second-order valence-corrected chi connectivity index (χ2v) is 14.7. The van der Waals surface area contributed by atoms with E-state index in [4.69, 9.17) is 14.2 Å². The number of halogens is 2. The maximum absolute atomic E-state index is 13.6. The lowest BCUT2D eigenvalue weighted by Crippen LogP contribution is -2.44. The maximum Gasteiger partial charge on any atom is 0.339 e. The quantitative estimate of drug-likeness (QED) is 0.183. The van der Waals surface area contributed by atoms with Crippen LogP contribution in [0.5, 0.6) is 5.75 Å². The van der Waals surface area contributed by atoms with Crippen molar-refractivity contribution < 1.29 is 41.6 Å². The van der Waals surface area contributed by atoms with E-state index in [1.165, 1.54) is 18.2 Å². The van der Waals surface area contributed by atoms with E-state index < -0.39 is 58.0 Å². The van der Waals surface area contributed by atoms with Gasteiger partial charge >= 0.3 is 17.9 Å². The molecule has 3 aliphatic carbocycles. The molecule has 12 heteroatoms. The van der Waals surface area contributed by atoms with Crippen LogP contribution in [-0.4, -0.2) is 43.1 Å². The van der Waals surface area contributed by atoms with Crippen LogP contribution in [0.25, 0.3) is 0 Å². The molecule has 6 rings (SSSR count). The number of carbonyl (C=O) groups excluding carboxylic acids is 3. The summed E-state index contributed by atoms with van der Waals surface area (Å²) in [7, 11) is -4.46. The van der Waals surface area contributed by atoms with Gasteiger partial charge in [-0.25, -0.2) is 4.79 Å². The Labute approximate surface area is 258 Å². The van der Waals surface area contributed by atoms with E-state index in [1.54, 1.807) is 12.1 Å². The smallest absolute Gasteiger partial charge is 0.339 e. The Morgan fingerprint density at radius 3 is 2.45 bits per heavy atom. The highest BCUT2D eigenvalue weighted by atomic mass is 127. The van der Waals surface area contributed by atoms with Crippen molar-refractivity contribution in [3.63, 3.8) is 0 Å². The van der Waals surface area contributed by atoms with Crippen LogP contribution in [0.4, 0.5) is 0 Å². The lowest BCUT2D eigenvalue weighted by atomic mass is 9.78. The molecule has 0 amide bonds. The van der Waals surface area contributed by atoms with Crippen molar-refractivity contribution in [3.05, 3.63) is 54.7 Å². The topological polar surface area (TPSA) is 133 Å². The van der Waals surface area contributed by atoms with Crippen LogP contribution >= 0.6 is 45.2 Å². The van der Waals surface area contributed by atoms with Crippen molar-refractivity contribution in [1.29, 1.82) is 0 Å². The summed E-state index contributed by atoms with van der Waals surface area (Å²) in [6.07, 6.45) is 3.62. The summed E-state index contributed by atoms with van der Waals surface area (Å²) >= 11 is 4.23. The largest absolute Gasteiger partial charge is 0.458 e. The zero-order chi connectivity index (χ0) is 28.3. The standard InChI is InChI=1S/C28H26I2O9S/c29-14-6-8-16(20(30)10-14)26(31)38-24-18-12-19-23(28(33)39-25(19)24)22(18)27(32)37-15-7-9-21(40(34,35)36)17(11-15)13-4-2-1-3-5-13/h6-11,13,18-19,22-25H,1-5,12H2,(H,34,35,36). The monoisotopic (exact) mass is 792 g/mol. The number of hydrogen-bond donors (Lipinski definition) is 1. The summed E-state index contributed by atoms with van der Waals surface area (Å²) in [5.74, 6) is -3.84. The third kappa shape index (κ3) is 5.06. The minimum absolute atomic E-state index is 0.0785. The fourth-order valence-electron chi connectivity index (χ4n) is 7.05. The average Bonchev–Trinajstić information content (AvgIpc) is 3.52. The summed E-state index contributed by atoms with van der Waals surface area (Å²) in [5, 5.41) is 0. The van der Waals surface area contributed by atoms with Crippen LogP contribution in [0.1, 0.15) is 60.4 Å². The minimum atomic E-state index is -4.46. The number of benzene rings is 2. The van der Waals surface area contributed by atoms with Gasteiger partial charge in [-0.1, -0.05) is 19.3 Å². The molecule has 2 bridgehead atoms. The molecule has 0 radical (unpaired) electrons. The number of ether oxygens (including phenoxy) is 3. The number of carbonyl (C=O) groups is 3. The minimum Gasteiger partial charge on any atom is -0.458 e. The number of hydrogen-bond acceptors (Lipinski definition) is 8. The molecular weight excluding hydrogens is 766 g/mol. The van der Waals surface area contributed by atoms with Gasteiger partial charge in [-0.15, -0.1) is 0 Å². The summed E-state index contributed by atoms with van der Waals surface area (Å²) in [6.45, 7) is 0. The van der Waals surface area contributed by atoms with Gasteiger partial charge in [0.1, 0.15) is 18.0 Å². The highest BCUT2D eigenvalue weighted by molar-refractivity contribution is 14.1. The Balaban J connectivity index is 1.25. The highest BCUT2D eigenvalue weighted by Crippen LogP contribution is 2.59. The van der Waals surface area contributed by atoms with Crippen molar-refractivity contribution in [2.24, 2.45) is 23.7 Å². The van der Waals surface area contributed by atoms with Crippen molar-refractivity contribution in [3.8, 4) is 5.75 Å². The van der Waals surface area contributed by atoms with Crippen molar-refractivity contribution in [2.45, 2.75) is 61.5 Å². The van der Waals surface area contributed by atoms with Gasteiger partial charge in [-0.3, -0.25) is 14.1 Å². The van der Waals surface area contributed by atoms with Crippen molar-refractivity contribution in [1.82, 2.24) is 0 Å². The van der Waals surface area contributed by atoms with Gasteiger partial charge in [-0.2, -0.15) is 8.42 Å². The molecule has 1 saturated heterocycles. The van der Waals surface area contributed by atoms with E-state index in [-0.39, 0.29) is 22.5 Å². The van der Waals surface area contributed by atoms with Crippen LogP contribution in [0.15, 0.2) is 41.3 Å². The molecule has 2 aromatic carbocycles. The SMILES string of the molecule is O=C(OC1C2CC3C1OC(=O)C3C2C(=O)Oc1ccc(S(=O)(=O)O)c(C2CCCCC2)c1)c1ccc(I)cc1I. The van der Waals surface area contributed by atoms with Crippen LogP contribution in [0.3, 0.4) is 0 Å². The Bertz CT molecular complexity index is 1500. The summed E-state index contributed by atoms with van der Waals surface area (Å²) < 4.78 is 52.9. The molecule has 2 aromatic rings. The average molecular weight is 792 g/mol. The third-order valence-corrected chi connectivity index (χ3v) is 11.2. The van der Waals surface area contributed by atoms with E-state index in [2.05, 4.69) is 45.2 Å². The zero-order valence-corrected chi connectivity index (χ0v) is 26.3. The van der Waals surface area contributed by atoms with Gasteiger partial charge in [0, 0.05) is 19.0 Å². The van der Waals surface area contributed by atoms with Gasteiger partial charge in [0.2, 0.25) is 0 Å². The molecule has 4 aliphatic rings. The molecule has 6 unspecified atom stereocenters. The third-order valence-electron chi connectivity index (χ3n) is 8.73. The van der Waals surface area contributed by atoms with Gasteiger partial charge in [0.15, 0.2) is 0 Å². The molecule has 1 heterocycles. The lowest BCUT2D eigenvalue weighted by molar-refractivity contribution is -0.149. The Morgan fingerprint density at radius 2 is 1.75 bits per heavy atom. The van der Waals surface area contributed by atoms with Crippen LogP contribution in [-0.2, 0) is 29.2 Å². The predicted molar refractivity (Wildman–Crippen MR) is 157 cm³/mol. The van der Waals surface area contributed by atoms with Crippen molar-refractivity contribution >= 4 is 73.2 Å². The fourth-order valence-corrected chi connectivity index (χ4v) is 9.64. The van der Waals surface area contributed by atoms with Gasteiger partial charge in [-0.05, 0) is 112 Å². The molecule has 4 fully saturated rings. The molecule has 40 heavy (non-hydrogen) atoms. The van der Waals surface area contributed by atoms with E-state index in [0.717, 1.165) is 39.2 Å². The highest BCUT2D eigenvalue weighted by Gasteiger charge is 2.70. The van der Waals surface area contributed by atoms with E-state index in [9.17, 15) is 27.4 Å². The first kappa shape index (κ1) is 28.3. The predicted octanol–water partition coefficient (Wildman–Crippen LogP) is 5.13. The zero-order valence-electron chi connectivity index (χ0n) is 21.1. The summed E-state index contributed by atoms with van der Waals surface area (Å²) in [4.78, 5) is 39.3. The molecule has 6 atom stereocenters. The van der Waals surface area contributed by atoms with Crippen molar-refractivity contribution in [2.75, 3.05) is 0 Å². The Morgan fingerprint density at radius 1 is 1.00 bits per heavy atom. The van der Waals surface area contributed by atoms with Crippen LogP contribution in [0, 0.1) is 30.8 Å². The first-order valence-corrected chi connectivity index (χ1v) is 16.8. The molecule has 0 aromatic heterocycles. The number of fused-ring (bicyclic) bond motifs is 1. The second-order valence-electron chi connectivity index (χ2n) is 10.9. The lowest BCUT2D eigenvalue weighted by Gasteiger charge is -2.30. The molecule has 1 aliphatic heterocycles. The maximum atomic E-state index is 13.6. The molecule has 212 valence electrons. The van der Waals surface area contributed by atoms with E-state index in [0.29, 0.717) is 17.5 Å². The second kappa shape index (κ2) is 10.8. The Hall–Kier alpha value is -1.78. The molecule has 0 spiro atoms. The number of esters is 3. The van der Waals surface area contributed by atoms with E-state index >= 15 is 0 Å². The van der Waals surface area contributed by atoms with Gasteiger partial charge < -0.3 is 14.2 Å². The van der Waals surface area contributed by atoms with E-state index in [1.807, 2.05) is 6.07 Å². The molecule has 3 saturated carbocycles. The van der Waals surface area contributed by atoms with Crippen LogP contribution in [0.2, 0.25) is 0 Å². The van der Waals surface area contributed by atoms with Gasteiger partial charge in [0.25, 0.3) is 10.1 Å². The first-order valence-electron chi connectivity index (χ1n) is 13.2. The number of rotatable bonds is 6.